The standard InChI is InChI=1S/C17H16BrN3O2/c1-20-14-4-2-3-5-15(14)21(17(20)23)11-10-19-16(22)12-6-8-13(18)9-7-12/h2-9H,10-11H2,1H3,(H,19,22). The maximum atomic E-state index is 12.3. The van der Waals surface area contributed by atoms with E-state index in [1.165, 1.54) is 0 Å². The van der Waals surface area contributed by atoms with E-state index in [0.29, 0.717) is 18.7 Å². The van der Waals surface area contributed by atoms with E-state index in [1.54, 1.807) is 28.3 Å². The summed E-state index contributed by atoms with van der Waals surface area (Å²) in [5, 5.41) is 2.84. The lowest BCUT2D eigenvalue weighted by Crippen LogP contribution is -2.31. The summed E-state index contributed by atoms with van der Waals surface area (Å²) < 4.78 is 4.22. The first-order valence-electron chi connectivity index (χ1n) is 7.26. The van der Waals surface area contributed by atoms with E-state index in [1.807, 2.05) is 36.4 Å². The predicted octanol–water partition coefficient (Wildman–Crippen LogP) is 2.53. The summed E-state index contributed by atoms with van der Waals surface area (Å²) in [5.41, 5.74) is 2.28. The summed E-state index contributed by atoms with van der Waals surface area (Å²) in [6.45, 7) is 0.825. The molecule has 1 heterocycles. The minimum absolute atomic E-state index is 0.0795. The molecule has 0 radical (unpaired) electrons. The van der Waals surface area contributed by atoms with Crippen molar-refractivity contribution in [2.75, 3.05) is 6.54 Å². The molecule has 6 heteroatoms. The highest BCUT2D eigenvalue weighted by molar-refractivity contribution is 9.10. The molecule has 0 saturated heterocycles. The Hall–Kier alpha value is -2.34. The average molecular weight is 374 g/mol. The highest BCUT2D eigenvalue weighted by Gasteiger charge is 2.10. The van der Waals surface area contributed by atoms with Crippen molar-refractivity contribution in [1.29, 1.82) is 0 Å². The second-order valence-corrected chi connectivity index (χ2v) is 6.16. The highest BCUT2D eigenvalue weighted by atomic mass is 79.9. The SMILES string of the molecule is Cn1c(=O)n(CCNC(=O)c2ccc(Br)cc2)c2ccccc21. The molecule has 0 aliphatic rings. The van der Waals surface area contributed by atoms with E-state index >= 15 is 0 Å². The Kier molecular flexibility index (Phi) is 4.34. The Bertz CT molecular complexity index is 910. The van der Waals surface area contributed by atoms with Crippen LogP contribution in [0.1, 0.15) is 10.4 Å². The van der Waals surface area contributed by atoms with Crippen LogP contribution in [-0.4, -0.2) is 21.6 Å². The molecule has 1 amide bonds. The van der Waals surface area contributed by atoms with Crippen LogP contribution in [0.15, 0.2) is 57.8 Å². The van der Waals surface area contributed by atoms with Crippen LogP contribution in [0.5, 0.6) is 0 Å². The molecule has 0 aliphatic carbocycles. The lowest BCUT2D eigenvalue weighted by atomic mass is 10.2. The molecule has 3 rings (SSSR count). The summed E-state index contributed by atoms with van der Waals surface area (Å²) in [6, 6.07) is 14.8. The molecule has 0 atom stereocenters. The topological polar surface area (TPSA) is 56.0 Å². The number of fused-ring (bicyclic) bond motifs is 1. The van der Waals surface area contributed by atoms with Crippen LogP contribution in [0.4, 0.5) is 0 Å². The number of carbonyl (C=O) groups is 1. The molecule has 0 spiro atoms. The van der Waals surface area contributed by atoms with Gasteiger partial charge in [0, 0.05) is 30.2 Å². The van der Waals surface area contributed by atoms with Crippen LogP contribution in [-0.2, 0) is 13.6 Å². The summed E-state index contributed by atoms with van der Waals surface area (Å²) in [4.78, 5) is 24.4. The lowest BCUT2D eigenvalue weighted by Gasteiger charge is -2.06. The molecular formula is C17H16BrN3O2. The fourth-order valence-electron chi connectivity index (χ4n) is 2.56. The molecular weight excluding hydrogens is 358 g/mol. The Labute approximate surface area is 141 Å². The van der Waals surface area contributed by atoms with Crippen LogP contribution < -0.4 is 11.0 Å². The Morgan fingerprint density at radius 2 is 1.74 bits per heavy atom. The Morgan fingerprint density at radius 1 is 1.09 bits per heavy atom. The molecule has 0 aliphatic heterocycles. The fourth-order valence-corrected chi connectivity index (χ4v) is 2.83. The largest absolute Gasteiger partial charge is 0.350 e. The normalized spacial score (nSPS) is 10.9. The number of hydrogen-bond acceptors (Lipinski definition) is 2. The molecule has 5 nitrogen and oxygen atoms in total. The number of imidazole rings is 1. The Morgan fingerprint density at radius 3 is 2.43 bits per heavy atom. The summed E-state index contributed by atoms with van der Waals surface area (Å²) >= 11 is 3.34. The first-order valence-corrected chi connectivity index (χ1v) is 8.05. The van der Waals surface area contributed by atoms with Crippen LogP contribution in [0.2, 0.25) is 0 Å². The zero-order chi connectivity index (χ0) is 16.4. The first kappa shape index (κ1) is 15.6. The number of halogens is 1. The monoisotopic (exact) mass is 373 g/mol. The van der Waals surface area contributed by atoms with E-state index in [2.05, 4.69) is 21.2 Å². The molecule has 3 aromatic rings. The maximum absolute atomic E-state index is 12.3. The zero-order valence-electron chi connectivity index (χ0n) is 12.6. The average Bonchev–Trinajstić information content (AvgIpc) is 2.81. The van der Waals surface area contributed by atoms with Crippen LogP contribution in [0.25, 0.3) is 11.0 Å². The van der Waals surface area contributed by atoms with Crippen molar-refractivity contribution in [1.82, 2.24) is 14.5 Å². The van der Waals surface area contributed by atoms with Gasteiger partial charge in [-0.1, -0.05) is 28.1 Å². The number of rotatable bonds is 4. The molecule has 0 saturated carbocycles. The van der Waals surface area contributed by atoms with Crippen LogP contribution in [0, 0.1) is 0 Å². The third-order valence-electron chi connectivity index (χ3n) is 3.78. The van der Waals surface area contributed by atoms with Crippen molar-refractivity contribution in [3.63, 3.8) is 0 Å². The van der Waals surface area contributed by atoms with E-state index in [0.717, 1.165) is 15.5 Å². The second-order valence-electron chi connectivity index (χ2n) is 5.24. The molecule has 0 fully saturated rings. The van der Waals surface area contributed by atoms with E-state index in [-0.39, 0.29) is 11.6 Å². The molecule has 2 aromatic carbocycles. The van der Waals surface area contributed by atoms with Gasteiger partial charge in [0.15, 0.2) is 0 Å². The number of para-hydroxylation sites is 2. The molecule has 23 heavy (non-hydrogen) atoms. The van der Waals surface area contributed by atoms with Gasteiger partial charge in [0.05, 0.1) is 11.0 Å². The van der Waals surface area contributed by atoms with Gasteiger partial charge in [-0.2, -0.15) is 0 Å². The maximum Gasteiger partial charge on any atom is 0.328 e. The van der Waals surface area contributed by atoms with Gasteiger partial charge in [-0.15, -0.1) is 0 Å². The van der Waals surface area contributed by atoms with Gasteiger partial charge in [0.25, 0.3) is 5.91 Å². The van der Waals surface area contributed by atoms with E-state index in [4.69, 9.17) is 0 Å². The summed E-state index contributed by atoms with van der Waals surface area (Å²) in [6.07, 6.45) is 0. The van der Waals surface area contributed by atoms with Crippen molar-refractivity contribution in [2.24, 2.45) is 7.05 Å². The number of carbonyl (C=O) groups excluding carboxylic acids is 1. The number of amides is 1. The number of nitrogens with one attached hydrogen (secondary N) is 1. The van der Waals surface area contributed by atoms with Gasteiger partial charge >= 0.3 is 5.69 Å². The molecule has 0 bridgehead atoms. The fraction of sp³-hybridized carbons (Fsp3) is 0.176. The van der Waals surface area contributed by atoms with Crippen molar-refractivity contribution in [3.8, 4) is 0 Å². The Balaban J connectivity index is 1.72. The van der Waals surface area contributed by atoms with Gasteiger partial charge in [-0.25, -0.2) is 4.79 Å². The second kappa shape index (κ2) is 6.42. The van der Waals surface area contributed by atoms with Crippen molar-refractivity contribution in [3.05, 3.63) is 69.1 Å². The number of aromatic nitrogens is 2. The molecule has 1 N–H and O–H groups in total. The number of aryl methyl sites for hydroxylation is 1. The quantitative estimate of drug-likeness (QED) is 0.763. The molecule has 118 valence electrons. The van der Waals surface area contributed by atoms with E-state index in [9.17, 15) is 9.59 Å². The van der Waals surface area contributed by atoms with Crippen molar-refractivity contribution >= 4 is 32.9 Å². The van der Waals surface area contributed by atoms with Crippen molar-refractivity contribution in [2.45, 2.75) is 6.54 Å². The third kappa shape index (κ3) is 3.07. The van der Waals surface area contributed by atoms with Crippen LogP contribution in [0.3, 0.4) is 0 Å². The summed E-state index contributed by atoms with van der Waals surface area (Å²) in [5.74, 6) is -0.147. The van der Waals surface area contributed by atoms with Gasteiger partial charge in [0.2, 0.25) is 0 Å². The number of benzene rings is 2. The van der Waals surface area contributed by atoms with Gasteiger partial charge < -0.3 is 5.32 Å². The zero-order valence-corrected chi connectivity index (χ0v) is 14.2. The van der Waals surface area contributed by atoms with Gasteiger partial charge in [-0.3, -0.25) is 13.9 Å². The van der Waals surface area contributed by atoms with E-state index < -0.39 is 0 Å². The number of hydrogen-bond donors (Lipinski definition) is 1. The molecule has 1 aromatic heterocycles. The van der Waals surface area contributed by atoms with Gasteiger partial charge in [0.1, 0.15) is 0 Å². The van der Waals surface area contributed by atoms with Crippen LogP contribution >= 0.6 is 15.9 Å². The minimum atomic E-state index is -0.147. The highest BCUT2D eigenvalue weighted by Crippen LogP contribution is 2.12. The van der Waals surface area contributed by atoms with Crippen molar-refractivity contribution < 1.29 is 4.79 Å². The summed E-state index contributed by atoms with van der Waals surface area (Å²) in [7, 11) is 1.75. The van der Waals surface area contributed by atoms with Gasteiger partial charge in [-0.05, 0) is 36.4 Å². The first-order chi connectivity index (χ1) is 11.1. The smallest absolute Gasteiger partial charge is 0.328 e. The number of nitrogens with zero attached hydrogens (tertiary/aromatic N) is 2. The third-order valence-corrected chi connectivity index (χ3v) is 4.31. The molecule has 0 unspecified atom stereocenters. The predicted molar refractivity (Wildman–Crippen MR) is 93.7 cm³/mol. The minimum Gasteiger partial charge on any atom is -0.350 e. The lowest BCUT2D eigenvalue weighted by molar-refractivity contribution is 0.0952.